The lowest BCUT2D eigenvalue weighted by atomic mass is 10.1. The Morgan fingerprint density at radius 2 is 2.08 bits per heavy atom. The van der Waals surface area contributed by atoms with Crippen molar-refractivity contribution in [3.8, 4) is 0 Å². The molecule has 0 aliphatic carbocycles. The van der Waals surface area contributed by atoms with Crippen LogP contribution in [-0.4, -0.2) is 4.98 Å². The Morgan fingerprint density at radius 3 is 2.77 bits per heavy atom. The van der Waals surface area contributed by atoms with E-state index in [4.69, 9.17) is 11.5 Å². The Kier molecular flexibility index (Phi) is 1.74. The summed E-state index contributed by atoms with van der Waals surface area (Å²) >= 11 is 0. The third kappa shape index (κ3) is 1.27. The molecule has 3 nitrogen and oxygen atoms in total. The van der Waals surface area contributed by atoms with Gasteiger partial charge in [-0.15, -0.1) is 0 Å². The van der Waals surface area contributed by atoms with Crippen molar-refractivity contribution < 1.29 is 0 Å². The zero-order valence-electron chi connectivity index (χ0n) is 7.59. The Labute approximate surface area is 76.7 Å². The zero-order valence-corrected chi connectivity index (χ0v) is 7.59. The molecule has 1 aromatic carbocycles. The monoisotopic (exact) mass is 175 g/mol. The first kappa shape index (κ1) is 8.13. The van der Waals surface area contributed by atoms with Crippen LogP contribution < -0.4 is 11.5 Å². The molecule has 0 radical (unpaired) electrons. The predicted molar refractivity (Wildman–Crippen MR) is 55.3 cm³/mol. The molecule has 0 saturated heterocycles. The van der Waals surface area contributed by atoms with Gasteiger partial charge in [-0.05, 0) is 30.7 Å². The normalized spacial score (nSPS) is 10.9. The number of nitrogens with two attached hydrogens (primary N) is 2. The molecule has 2 rings (SSSR count). The molecule has 0 unspecified atom stereocenters. The first-order valence-corrected chi connectivity index (χ1v) is 4.28. The van der Waals surface area contributed by atoms with Crippen molar-refractivity contribution in [2.24, 2.45) is 5.73 Å². The summed E-state index contributed by atoms with van der Waals surface area (Å²) in [5.41, 5.74) is 15.4. The molecule has 2 aromatic rings. The van der Waals surface area contributed by atoms with E-state index in [0.717, 1.165) is 22.3 Å². The number of aromatic nitrogens is 1. The first-order chi connectivity index (χ1) is 6.20. The molecule has 0 fully saturated rings. The van der Waals surface area contributed by atoms with Crippen LogP contribution in [0.4, 0.5) is 5.69 Å². The smallest absolute Gasteiger partial charge is 0.0690 e. The second-order valence-electron chi connectivity index (χ2n) is 3.32. The SMILES string of the molecule is Cc1cc(N)c2[nH]c(CN)cc2c1. The maximum atomic E-state index is 5.85. The molecule has 1 heterocycles. The summed E-state index contributed by atoms with van der Waals surface area (Å²) in [6.07, 6.45) is 0. The van der Waals surface area contributed by atoms with Gasteiger partial charge in [0.05, 0.1) is 11.2 Å². The predicted octanol–water partition coefficient (Wildman–Crippen LogP) is 1.52. The van der Waals surface area contributed by atoms with E-state index in [9.17, 15) is 0 Å². The molecule has 0 atom stereocenters. The fraction of sp³-hybridized carbons (Fsp3) is 0.200. The van der Waals surface area contributed by atoms with E-state index in [0.29, 0.717) is 6.54 Å². The van der Waals surface area contributed by atoms with E-state index >= 15 is 0 Å². The Balaban J connectivity index is 2.75. The Morgan fingerprint density at radius 1 is 1.31 bits per heavy atom. The zero-order chi connectivity index (χ0) is 9.42. The van der Waals surface area contributed by atoms with Crippen molar-refractivity contribution >= 4 is 16.6 Å². The highest BCUT2D eigenvalue weighted by Gasteiger charge is 2.02. The molecule has 0 aliphatic heterocycles. The molecular formula is C10H13N3. The van der Waals surface area contributed by atoms with Crippen LogP contribution in [0.3, 0.4) is 0 Å². The summed E-state index contributed by atoms with van der Waals surface area (Å²) in [7, 11) is 0. The van der Waals surface area contributed by atoms with E-state index in [1.54, 1.807) is 0 Å². The van der Waals surface area contributed by atoms with Crippen LogP contribution >= 0.6 is 0 Å². The van der Waals surface area contributed by atoms with Crippen LogP contribution in [0.25, 0.3) is 10.9 Å². The molecule has 0 amide bonds. The summed E-state index contributed by atoms with van der Waals surface area (Å²) in [5, 5.41) is 1.14. The Hall–Kier alpha value is -1.48. The fourth-order valence-electron chi connectivity index (χ4n) is 1.60. The van der Waals surface area contributed by atoms with Crippen molar-refractivity contribution in [2.75, 3.05) is 5.73 Å². The van der Waals surface area contributed by atoms with E-state index in [1.165, 1.54) is 5.56 Å². The van der Waals surface area contributed by atoms with Crippen LogP contribution in [0, 0.1) is 6.92 Å². The van der Waals surface area contributed by atoms with Gasteiger partial charge in [0.1, 0.15) is 0 Å². The quantitative estimate of drug-likeness (QED) is 0.575. The maximum Gasteiger partial charge on any atom is 0.0690 e. The number of hydrogen-bond acceptors (Lipinski definition) is 2. The van der Waals surface area contributed by atoms with Gasteiger partial charge in [-0.2, -0.15) is 0 Å². The highest BCUT2D eigenvalue weighted by molar-refractivity contribution is 5.91. The number of aryl methyl sites for hydroxylation is 1. The van der Waals surface area contributed by atoms with Crippen LogP contribution in [0.5, 0.6) is 0 Å². The van der Waals surface area contributed by atoms with Crippen molar-refractivity contribution in [1.29, 1.82) is 0 Å². The van der Waals surface area contributed by atoms with Crippen LogP contribution in [0.2, 0.25) is 0 Å². The molecule has 0 spiro atoms. The van der Waals surface area contributed by atoms with Gasteiger partial charge in [0.2, 0.25) is 0 Å². The van der Waals surface area contributed by atoms with E-state index in [1.807, 2.05) is 19.1 Å². The van der Waals surface area contributed by atoms with Crippen molar-refractivity contribution in [3.05, 3.63) is 29.5 Å². The van der Waals surface area contributed by atoms with Gasteiger partial charge in [-0.25, -0.2) is 0 Å². The van der Waals surface area contributed by atoms with Crippen molar-refractivity contribution in [3.63, 3.8) is 0 Å². The van der Waals surface area contributed by atoms with E-state index < -0.39 is 0 Å². The topological polar surface area (TPSA) is 67.8 Å². The van der Waals surface area contributed by atoms with Gasteiger partial charge in [0.25, 0.3) is 0 Å². The average molecular weight is 175 g/mol. The molecule has 5 N–H and O–H groups in total. The number of benzene rings is 1. The van der Waals surface area contributed by atoms with Crippen molar-refractivity contribution in [1.82, 2.24) is 4.98 Å². The maximum absolute atomic E-state index is 5.85. The number of fused-ring (bicyclic) bond motifs is 1. The average Bonchev–Trinajstić information content (AvgIpc) is 2.47. The van der Waals surface area contributed by atoms with E-state index in [-0.39, 0.29) is 0 Å². The standard InChI is InChI=1S/C10H13N3/c1-6-2-7-4-8(5-11)13-10(7)9(12)3-6/h2-4,13H,5,11-12H2,1H3. The summed E-state index contributed by atoms with van der Waals surface area (Å²) in [4.78, 5) is 3.19. The van der Waals surface area contributed by atoms with Gasteiger partial charge in [-0.3, -0.25) is 0 Å². The molecule has 0 bridgehead atoms. The molecule has 13 heavy (non-hydrogen) atoms. The summed E-state index contributed by atoms with van der Waals surface area (Å²) in [6, 6.07) is 6.10. The van der Waals surface area contributed by atoms with Crippen LogP contribution in [0.15, 0.2) is 18.2 Å². The van der Waals surface area contributed by atoms with Gasteiger partial charge in [-0.1, -0.05) is 0 Å². The van der Waals surface area contributed by atoms with Gasteiger partial charge in [0.15, 0.2) is 0 Å². The number of nitrogen functional groups attached to an aromatic ring is 1. The largest absolute Gasteiger partial charge is 0.397 e. The molecule has 1 aromatic heterocycles. The lowest BCUT2D eigenvalue weighted by molar-refractivity contribution is 1.02. The molecule has 3 heteroatoms. The number of nitrogens with one attached hydrogen (secondary N) is 1. The number of aromatic amines is 1. The summed E-state index contributed by atoms with van der Waals surface area (Å²) in [5.74, 6) is 0. The van der Waals surface area contributed by atoms with Crippen molar-refractivity contribution in [2.45, 2.75) is 13.5 Å². The van der Waals surface area contributed by atoms with Crippen LogP contribution in [-0.2, 0) is 6.54 Å². The summed E-state index contributed by atoms with van der Waals surface area (Å²) < 4.78 is 0. The first-order valence-electron chi connectivity index (χ1n) is 4.28. The number of H-pyrrole nitrogens is 1. The fourth-order valence-corrected chi connectivity index (χ4v) is 1.60. The minimum Gasteiger partial charge on any atom is -0.397 e. The molecule has 0 saturated carbocycles. The third-order valence-corrected chi connectivity index (χ3v) is 2.18. The lowest BCUT2D eigenvalue weighted by Crippen LogP contribution is -1.95. The third-order valence-electron chi connectivity index (χ3n) is 2.18. The summed E-state index contributed by atoms with van der Waals surface area (Å²) in [6.45, 7) is 2.55. The number of anilines is 1. The van der Waals surface area contributed by atoms with Crippen LogP contribution in [0.1, 0.15) is 11.3 Å². The Bertz CT molecular complexity index is 443. The number of hydrogen-bond donors (Lipinski definition) is 3. The second-order valence-corrected chi connectivity index (χ2v) is 3.32. The lowest BCUT2D eigenvalue weighted by Gasteiger charge is -1.97. The number of rotatable bonds is 1. The highest BCUT2D eigenvalue weighted by atomic mass is 14.8. The highest BCUT2D eigenvalue weighted by Crippen LogP contribution is 2.23. The molecule has 0 aliphatic rings. The minimum atomic E-state index is 0.521. The second kappa shape index (κ2) is 2.78. The van der Waals surface area contributed by atoms with Gasteiger partial charge < -0.3 is 16.5 Å². The molecular weight excluding hydrogens is 162 g/mol. The van der Waals surface area contributed by atoms with E-state index in [2.05, 4.69) is 11.1 Å². The molecule has 68 valence electrons. The van der Waals surface area contributed by atoms with Gasteiger partial charge >= 0.3 is 0 Å². The van der Waals surface area contributed by atoms with Gasteiger partial charge in [0, 0.05) is 17.6 Å². The minimum absolute atomic E-state index is 0.521.